The van der Waals surface area contributed by atoms with Gasteiger partial charge in [0.25, 0.3) is 0 Å². The van der Waals surface area contributed by atoms with E-state index in [4.69, 9.17) is 0 Å². The van der Waals surface area contributed by atoms with Gasteiger partial charge in [-0.2, -0.15) is 16.7 Å². The van der Waals surface area contributed by atoms with Crippen LogP contribution in [-0.4, -0.2) is 56.7 Å². The summed E-state index contributed by atoms with van der Waals surface area (Å²) in [7, 11) is 0. The average molecular weight is 422 g/mol. The summed E-state index contributed by atoms with van der Waals surface area (Å²) >= 11 is 2.05. The van der Waals surface area contributed by atoms with Gasteiger partial charge in [-0.1, -0.05) is 36.5 Å². The number of nitrogens with zero attached hydrogens (tertiary/aromatic N) is 4. The fourth-order valence-corrected chi connectivity index (χ4v) is 4.89. The molecular formula is C23H27N5OS. The summed E-state index contributed by atoms with van der Waals surface area (Å²) < 4.78 is 1.88. The van der Waals surface area contributed by atoms with Crippen molar-refractivity contribution in [2.75, 3.05) is 36.5 Å². The van der Waals surface area contributed by atoms with E-state index in [0.717, 1.165) is 31.6 Å². The monoisotopic (exact) mass is 421 g/mol. The van der Waals surface area contributed by atoms with Gasteiger partial charge in [0.15, 0.2) is 5.82 Å². The molecule has 30 heavy (non-hydrogen) atoms. The van der Waals surface area contributed by atoms with Crippen LogP contribution in [0.3, 0.4) is 0 Å². The van der Waals surface area contributed by atoms with Crippen LogP contribution in [0.25, 0.3) is 6.08 Å². The average Bonchev–Trinajstić information content (AvgIpc) is 3.57. The number of aromatic nitrogens is 3. The van der Waals surface area contributed by atoms with Gasteiger partial charge in [-0.25, -0.2) is 4.68 Å². The van der Waals surface area contributed by atoms with Gasteiger partial charge in [-0.15, -0.1) is 5.10 Å². The van der Waals surface area contributed by atoms with Crippen LogP contribution in [0.1, 0.15) is 25.1 Å². The minimum absolute atomic E-state index is 0.0390. The molecule has 0 spiro atoms. The highest BCUT2D eigenvalue weighted by Gasteiger charge is 2.30. The van der Waals surface area contributed by atoms with Crippen LogP contribution in [0.2, 0.25) is 0 Å². The maximum absolute atomic E-state index is 12.0. The van der Waals surface area contributed by atoms with Crippen molar-refractivity contribution < 1.29 is 4.79 Å². The van der Waals surface area contributed by atoms with Crippen LogP contribution >= 0.6 is 11.8 Å². The first-order valence-corrected chi connectivity index (χ1v) is 11.9. The number of fused-ring (bicyclic) bond motifs is 1. The van der Waals surface area contributed by atoms with E-state index in [1.807, 2.05) is 28.6 Å². The second kappa shape index (κ2) is 8.78. The van der Waals surface area contributed by atoms with Gasteiger partial charge in [-0.3, -0.25) is 15.0 Å². The van der Waals surface area contributed by atoms with Crippen molar-refractivity contribution in [2.45, 2.75) is 25.8 Å². The molecule has 1 aromatic rings. The Balaban J connectivity index is 1.28. The fraction of sp³-hybridized carbons (Fsp3) is 0.435. The molecule has 5 rings (SSSR count). The molecule has 0 unspecified atom stereocenters. The van der Waals surface area contributed by atoms with Crippen LogP contribution in [0, 0.1) is 5.92 Å². The molecule has 0 radical (unpaired) electrons. The summed E-state index contributed by atoms with van der Waals surface area (Å²) in [6, 6.07) is 0. The van der Waals surface area contributed by atoms with Crippen molar-refractivity contribution in [3.05, 3.63) is 59.0 Å². The van der Waals surface area contributed by atoms with Gasteiger partial charge in [0.1, 0.15) is 0 Å². The molecule has 4 aliphatic rings. The van der Waals surface area contributed by atoms with Crippen LogP contribution in [0.4, 0.5) is 5.95 Å². The maximum Gasteiger partial charge on any atom is 0.249 e. The molecule has 1 N–H and O–H groups in total. The fourth-order valence-electron chi connectivity index (χ4n) is 3.91. The zero-order chi connectivity index (χ0) is 20.3. The van der Waals surface area contributed by atoms with Crippen molar-refractivity contribution in [1.29, 1.82) is 0 Å². The second-order valence-electron chi connectivity index (χ2n) is 8.19. The molecule has 7 heteroatoms. The molecule has 0 bridgehead atoms. The van der Waals surface area contributed by atoms with Crippen molar-refractivity contribution in [3.8, 4) is 0 Å². The molecule has 2 aliphatic carbocycles. The van der Waals surface area contributed by atoms with Gasteiger partial charge < -0.3 is 0 Å². The highest BCUT2D eigenvalue weighted by Crippen LogP contribution is 2.30. The van der Waals surface area contributed by atoms with Crippen molar-refractivity contribution in [3.63, 3.8) is 0 Å². The number of nitrogens with one attached hydrogen (secondary N) is 1. The Morgan fingerprint density at radius 1 is 1.13 bits per heavy atom. The quantitative estimate of drug-likeness (QED) is 0.789. The molecule has 1 aromatic heterocycles. The van der Waals surface area contributed by atoms with Crippen molar-refractivity contribution in [2.24, 2.45) is 5.92 Å². The summed E-state index contributed by atoms with van der Waals surface area (Å²) in [6.45, 7) is 4.03. The first kappa shape index (κ1) is 19.6. The third-order valence-corrected chi connectivity index (χ3v) is 6.78. The minimum atomic E-state index is 0.0390. The summed E-state index contributed by atoms with van der Waals surface area (Å²) in [4.78, 5) is 19.0. The lowest BCUT2D eigenvalue weighted by Crippen LogP contribution is -2.33. The molecule has 2 aliphatic heterocycles. The van der Waals surface area contributed by atoms with E-state index in [2.05, 4.69) is 50.7 Å². The standard InChI is InChI=1S/C23H27N5OS/c29-22(19-9-10-19)25-23-24-21-6-2-5-20(16-28(21)26-23)18-4-1-3-17(7-8-18)15-27-11-13-30-14-12-27/h1-3,5-8,19H,4,9-16H2,(H,25,26,29). The SMILES string of the molecule is O=C(Nc1nc2n(n1)CC(C1=CC=C(CN3CCSCC3)C=CC1)=CC=C2)C1CC1. The number of thioether (sulfide) groups is 1. The van der Waals surface area contributed by atoms with E-state index in [-0.39, 0.29) is 11.8 Å². The molecule has 1 saturated carbocycles. The van der Waals surface area contributed by atoms with Crippen LogP contribution in [-0.2, 0) is 11.3 Å². The molecule has 0 aromatic carbocycles. The van der Waals surface area contributed by atoms with Crippen molar-refractivity contribution >= 4 is 29.7 Å². The van der Waals surface area contributed by atoms with E-state index in [1.165, 1.54) is 41.3 Å². The summed E-state index contributed by atoms with van der Waals surface area (Å²) in [5.74, 6) is 3.84. The van der Waals surface area contributed by atoms with Gasteiger partial charge in [-0.05, 0) is 42.1 Å². The minimum Gasteiger partial charge on any atom is -0.297 e. The second-order valence-corrected chi connectivity index (χ2v) is 9.42. The maximum atomic E-state index is 12.0. The van der Waals surface area contributed by atoms with Gasteiger partial charge in [0.2, 0.25) is 11.9 Å². The summed E-state index contributed by atoms with van der Waals surface area (Å²) in [6.07, 6.45) is 18.0. The molecule has 0 atom stereocenters. The molecule has 3 heterocycles. The largest absolute Gasteiger partial charge is 0.297 e. The zero-order valence-electron chi connectivity index (χ0n) is 17.1. The first-order valence-electron chi connectivity index (χ1n) is 10.7. The van der Waals surface area contributed by atoms with Crippen LogP contribution in [0.15, 0.2) is 53.2 Å². The lowest BCUT2D eigenvalue weighted by atomic mass is 10.0. The van der Waals surface area contributed by atoms with E-state index in [1.54, 1.807) is 0 Å². The third kappa shape index (κ3) is 4.68. The zero-order valence-corrected chi connectivity index (χ0v) is 17.9. The van der Waals surface area contributed by atoms with E-state index >= 15 is 0 Å². The van der Waals surface area contributed by atoms with E-state index in [0.29, 0.717) is 12.5 Å². The Hall–Kier alpha value is -2.38. The Morgan fingerprint density at radius 2 is 2.00 bits per heavy atom. The van der Waals surface area contributed by atoms with Crippen LogP contribution in [0.5, 0.6) is 0 Å². The predicted octanol–water partition coefficient (Wildman–Crippen LogP) is 3.44. The Kier molecular flexibility index (Phi) is 5.73. The number of hydrogen-bond acceptors (Lipinski definition) is 5. The molecular weight excluding hydrogens is 394 g/mol. The van der Waals surface area contributed by atoms with Crippen molar-refractivity contribution in [1.82, 2.24) is 19.7 Å². The highest BCUT2D eigenvalue weighted by molar-refractivity contribution is 7.99. The summed E-state index contributed by atoms with van der Waals surface area (Å²) in [5, 5.41) is 7.39. The number of anilines is 1. The molecule has 156 valence electrons. The van der Waals surface area contributed by atoms with Gasteiger partial charge in [0.05, 0.1) is 6.54 Å². The number of hydrogen-bond donors (Lipinski definition) is 1. The van der Waals surface area contributed by atoms with Gasteiger partial charge >= 0.3 is 0 Å². The van der Waals surface area contributed by atoms with E-state index < -0.39 is 0 Å². The molecule has 1 amide bonds. The Labute approximate surface area is 181 Å². The number of carbonyl (C=O) groups excluding carboxylic acids is 1. The lowest BCUT2D eigenvalue weighted by molar-refractivity contribution is -0.117. The number of allylic oxidation sites excluding steroid dienone is 7. The number of carbonyl (C=O) groups is 1. The molecule has 2 fully saturated rings. The molecule has 1 saturated heterocycles. The highest BCUT2D eigenvalue weighted by atomic mass is 32.2. The lowest BCUT2D eigenvalue weighted by Gasteiger charge is -2.26. The Bertz CT molecular complexity index is 974. The normalized spacial score (nSPS) is 21.8. The predicted molar refractivity (Wildman–Crippen MR) is 122 cm³/mol. The molecule has 6 nitrogen and oxygen atoms in total. The first-order chi connectivity index (χ1) is 14.7. The number of rotatable bonds is 5. The topological polar surface area (TPSA) is 63.1 Å². The smallest absolute Gasteiger partial charge is 0.249 e. The third-order valence-electron chi connectivity index (χ3n) is 5.84. The number of amides is 1. The van der Waals surface area contributed by atoms with E-state index in [9.17, 15) is 4.79 Å². The summed E-state index contributed by atoms with van der Waals surface area (Å²) in [5.41, 5.74) is 3.90. The Morgan fingerprint density at radius 3 is 2.83 bits per heavy atom. The van der Waals surface area contributed by atoms with Gasteiger partial charge in [0, 0.05) is 37.1 Å². The van der Waals surface area contributed by atoms with Crippen LogP contribution < -0.4 is 5.32 Å².